The van der Waals surface area contributed by atoms with Crippen molar-refractivity contribution in [3.63, 3.8) is 0 Å². The van der Waals surface area contributed by atoms with Crippen molar-refractivity contribution < 1.29 is 29.3 Å². The predicted molar refractivity (Wildman–Crippen MR) is 140 cm³/mol. The van der Waals surface area contributed by atoms with E-state index in [-0.39, 0.29) is 18.0 Å². The Kier molecular flexibility index (Phi) is 12.0. The van der Waals surface area contributed by atoms with E-state index in [0.29, 0.717) is 25.2 Å². The number of thioether (sulfide) groups is 1. The summed E-state index contributed by atoms with van der Waals surface area (Å²) in [5.41, 5.74) is 3.28. The lowest BCUT2D eigenvalue weighted by Crippen LogP contribution is -2.07. The maximum absolute atomic E-state index is 11.8. The lowest BCUT2D eigenvalue weighted by molar-refractivity contribution is -0.137. The number of ether oxygens (including phenoxy) is 2. The number of rotatable bonds is 16. The summed E-state index contributed by atoms with van der Waals surface area (Å²) in [5.74, 6) is 1.60. The number of carbonyl (C=O) groups excluding carboxylic acids is 1. The highest BCUT2D eigenvalue weighted by Gasteiger charge is 2.16. The Balaban J connectivity index is 1.99. The average molecular weight is 503 g/mol. The quantitative estimate of drug-likeness (QED) is 0.151. The number of hydrogen-bond acceptors (Lipinski definition) is 6. The molecule has 2 aromatic carbocycles. The number of aryl methyl sites for hydroxylation is 1. The number of ketones is 1. The Bertz CT molecular complexity index is 1000. The van der Waals surface area contributed by atoms with Crippen molar-refractivity contribution in [3.05, 3.63) is 46.5 Å². The minimum atomic E-state index is -0.819. The third kappa shape index (κ3) is 8.49. The monoisotopic (exact) mass is 502 g/mol. The Morgan fingerprint density at radius 3 is 2.29 bits per heavy atom. The zero-order chi connectivity index (χ0) is 25.8. The minimum Gasteiger partial charge on any atom is -0.507 e. The molecule has 0 aromatic heterocycles. The molecule has 0 unspecified atom stereocenters. The van der Waals surface area contributed by atoms with Gasteiger partial charge in [-0.2, -0.15) is 0 Å². The van der Waals surface area contributed by atoms with Crippen LogP contribution < -0.4 is 9.47 Å². The third-order valence-corrected chi connectivity index (χ3v) is 6.80. The largest absolute Gasteiger partial charge is 0.507 e. The van der Waals surface area contributed by atoms with E-state index in [2.05, 4.69) is 13.8 Å². The Morgan fingerprint density at radius 2 is 1.63 bits per heavy atom. The topological polar surface area (TPSA) is 93.1 Å². The maximum atomic E-state index is 11.8. The number of carboxylic acids is 1. The number of Topliss-reactive ketones (excluding diaryl/α,β-unsaturated/α-hetero) is 1. The van der Waals surface area contributed by atoms with Crippen molar-refractivity contribution in [1.82, 2.24) is 0 Å². The van der Waals surface area contributed by atoms with Crippen LogP contribution in [0.5, 0.6) is 17.2 Å². The molecule has 0 saturated carbocycles. The van der Waals surface area contributed by atoms with Crippen LogP contribution in [0.3, 0.4) is 0 Å². The molecule has 2 aromatic rings. The van der Waals surface area contributed by atoms with Gasteiger partial charge in [0.05, 0.1) is 18.8 Å². The highest BCUT2D eigenvalue weighted by molar-refractivity contribution is 7.99. The number of phenolic OH excluding ortho intramolecular Hbond substituents is 1. The van der Waals surface area contributed by atoms with Crippen LogP contribution in [-0.2, 0) is 17.6 Å². The molecule has 0 aliphatic heterocycles. The molecule has 0 atom stereocenters. The highest BCUT2D eigenvalue weighted by Crippen LogP contribution is 2.35. The molecule has 7 heteroatoms. The number of carbonyl (C=O) groups is 2. The number of benzene rings is 2. The molecule has 0 bridgehead atoms. The first-order valence-electron chi connectivity index (χ1n) is 12.4. The van der Waals surface area contributed by atoms with Gasteiger partial charge in [-0.1, -0.05) is 32.8 Å². The van der Waals surface area contributed by atoms with Gasteiger partial charge in [-0.05, 0) is 63.3 Å². The second kappa shape index (κ2) is 14.7. The molecule has 0 spiro atoms. The first-order chi connectivity index (χ1) is 16.8. The Labute approximate surface area is 213 Å². The summed E-state index contributed by atoms with van der Waals surface area (Å²) < 4.78 is 12.1. The summed E-state index contributed by atoms with van der Waals surface area (Å²) in [6, 6.07) is 7.60. The van der Waals surface area contributed by atoms with Gasteiger partial charge in [0, 0.05) is 28.2 Å². The summed E-state index contributed by atoms with van der Waals surface area (Å²) in [4.78, 5) is 23.5. The van der Waals surface area contributed by atoms with Gasteiger partial charge < -0.3 is 19.7 Å². The van der Waals surface area contributed by atoms with E-state index in [1.165, 1.54) is 6.92 Å². The fourth-order valence-corrected chi connectivity index (χ4v) is 4.92. The molecular weight excluding hydrogens is 464 g/mol. The van der Waals surface area contributed by atoms with E-state index >= 15 is 0 Å². The van der Waals surface area contributed by atoms with Crippen LogP contribution in [0, 0.1) is 6.92 Å². The zero-order valence-corrected chi connectivity index (χ0v) is 22.1. The van der Waals surface area contributed by atoms with Gasteiger partial charge in [0.15, 0.2) is 5.78 Å². The van der Waals surface area contributed by atoms with E-state index in [9.17, 15) is 14.7 Å². The van der Waals surface area contributed by atoms with E-state index in [0.717, 1.165) is 70.9 Å². The van der Waals surface area contributed by atoms with Gasteiger partial charge in [0.1, 0.15) is 17.2 Å². The van der Waals surface area contributed by atoms with Crippen LogP contribution in [0.1, 0.15) is 79.9 Å². The van der Waals surface area contributed by atoms with Crippen molar-refractivity contribution in [2.24, 2.45) is 0 Å². The van der Waals surface area contributed by atoms with Crippen LogP contribution in [-0.4, -0.2) is 40.9 Å². The standard InChI is InChI=1S/C28H38O6S/c1-5-9-22-24(14-12-19(3)28(22)34-16-7-11-26(30)31)33-17-8-18-35-25-15-13-21(20(4)29)27(32)23(25)10-6-2/h12-15,32H,5-11,16-18H2,1-4H3,(H,30,31). The second-order valence-corrected chi connectivity index (χ2v) is 9.72. The molecule has 6 nitrogen and oxygen atoms in total. The van der Waals surface area contributed by atoms with Gasteiger partial charge in [0.25, 0.3) is 0 Å². The molecule has 0 saturated heterocycles. The third-order valence-electron chi connectivity index (χ3n) is 5.62. The van der Waals surface area contributed by atoms with Crippen LogP contribution in [0.15, 0.2) is 29.2 Å². The zero-order valence-electron chi connectivity index (χ0n) is 21.3. The lowest BCUT2D eigenvalue weighted by atomic mass is 10.0. The number of phenols is 1. The van der Waals surface area contributed by atoms with E-state index in [4.69, 9.17) is 14.6 Å². The number of aromatic hydroxyl groups is 1. The van der Waals surface area contributed by atoms with Crippen LogP contribution >= 0.6 is 11.8 Å². The maximum Gasteiger partial charge on any atom is 0.303 e. The molecule has 0 radical (unpaired) electrons. The highest BCUT2D eigenvalue weighted by atomic mass is 32.2. The smallest absolute Gasteiger partial charge is 0.303 e. The van der Waals surface area contributed by atoms with Gasteiger partial charge in [-0.3, -0.25) is 9.59 Å². The van der Waals surface area contributed by atoms with Crippen molar-refractivity contribution in [2.75, 3.05) is 19.0 Å². The molecule has 2 rings (SSSR count). The summed E-state index contributed by atoms with van der Waals surface area (Å²) in [7, 11) is 0. The van der Waals surface area contributed by atoms with Crippen LogP contribution in [0.4, 0.5) is 0 Å². The molecule has 0 heterocycles. The fraction of sp³-hybridized carbons (Fsp3) is 0.500. The average Bonchev–Trinajstić information content (AvgIpc) is 2.81. The second-order valence-electron chi connectivity index (χ2n) is 8.58. The molecule has 2 N–H and O–H groups in total. The van der Waals surface area contributed by atoms with Crippen molar-refractivity contribution in [1.29, 1.82) is 0 Å². The first kappa shape index (κ1) is 28.6. The van der Waals surface area contributed by atoms with Crippen molar-refractivity contribution in [2.45, 2.75) is 77.5 Å². The van der Waals surface area contributed by atoms with Gasteiger partial charge in [0.2, 0.25) is 0 Å². The van der Waals surface area contributed by atoms with E-state index < -0.39 is 5.97 Å². The number of aliphatic carboxylic acids is 1. The summed E-state index contributed by atoms with van der Waals surface area (Å²) in [6.45, 7) is 8.54. The van der Waals surface area contributed by atoms with E-state index in [1.54, 1.807) is 17.8 Å². The summed E-state index contributed by atoms with van der Waals surface area (Å²) >= 11 is 1.67. The molecule has 0 aliphatic carbocycles. The van der Waals surface area contributed by atoms with Crippen LogP contribution in [0.2, 0.25) is 0 Å². The Hall–Kier alpha value is -2.67. The summed E-state index contributed by atoms with van der Waals surface area (Å²) in [6.07, 6.45) is 4.75. The molecule has 0 amide bonds. The van der Waals surface area contributed by atoms with Gasteiger partial charge in [-0.25, -0.2) is 0 Å². The van der Waals surface area contributed by atoms with Crippen molar-refractivity contribution >= 4 is 23.5 Å². The minimum absolute atomic E-state index is 0.0885. The first-order valence-corrected chi connectivity index (χ1v) is 13.4. The number of hydrogen-bond donors (Lipinski definition) is 2. The fourth-order valence-electron chi connectivity index (χ4n) is 3.90. The summed E-state index contributed by atoms with van der Waals surface area (Å²) in [5, 5.41) is 19.4. The van der Waals surface area contributed by atoms with Crippen LogP contribution in [0.25, 0.3) is 0 Å². The molecule has 192 valence electrons. The number of carboxylic acid groups (broad SMARTS) is 1. The molecule has 0 fully saturated rings. The SMILES string of the molecule is CCCc1c(SCCCOc2ccc(C)c(OCCCC(=O)O)c2CCC)ccc(C(C)=O)c1O. The van der Waals surface area contributed by atoms with E-state index in [1.807, 2.05) is 25.1 Å². The molecular formula is C28H38O6S. The molecule has 0 aliphatic rings. The van der Waals surface area contributed by atoms with Gasteiger partial charge in [-0.15, -0.1) is 11.8 Å². The normalized spacial score (nSPS) is 10.9. The Morgan fingerprint density at radius 1 is 0.943 bits per heavy atom. The lowest BCUT2D eigenvalue weighted by Gasteiger charge is -2.18. The predicted octanol–water partition coefficient (Wildman–Crippen LogP) is 6.61. The van der Waals surface area contributed by atoms with Gasteiger partial charge >= 0.3 is 5.97 Å². The molecule has 35 heavy (non-hydrogen) atoms. The van der Waals surface area contributed by atoms with Crippen molar-refractivity contribution in [3.8, 4) is 17.2 Å².